The average Bonchev–Trinajstić information content (AvgIpc) is 2.46. The predicted octanol–water partition coefficient (Wildman–Crippen LogP) is -1.80. The Morgan fingerprint density at radius 2 is 1.38 bits per heavy atom. The van der Waals surface area contributed by atoms with Gasteiger partial charge in [0.15, 0.2) is 21.4 Å². The first-order valence-electron chi connectivity index (χ1n) is 6.27. The monoisotopic (exact) mass is 366 g/mol. The lowest BCUT2D eigenvalue weighted by molar-refractivity contribution is -0.135. The van der Waals surface area contributed by atoms with Crippen molar-refractivity contribution in [1.29, 1.82) is 0 Å². The van der Waals surface area contributed by atoms with Crippen molar-refractivity contribution in [3.05, 3.63) is 31.8 Å². The summed E-state index contributed by atoms with van der Waals surface area (Å²) in [7, 11) is 0. The first-order valence-corrected chi connectivity index (χ1v) is 7.08. The first-order chi connectivity index (χ1) is 11.2. The van der Waals surface area contributed by atoms with Crippen molar-refractivity contribution in [2.45, 2.75) is 5.92 Å². The Kier molecular flexibility index (Phi) is 3.50. The molecule has 0 unspecified atom stereocenters. The van der Waals surface area contributed by atoms with Crippen LogP contribution < -0.4 is 16.2 Å². The number of allylic oxidation sites excluding steroid dienone is 1. The lowest BCUT2D eigenvalue weighted by Gasteiger charge is -2.28. The number of amides is 2. The second-order valence-electron chi connectivity index (χ2n) is 4.82. The number of H-pyrrole nitrogens is 2. The molecule has 0 aromatic carbocycles. The molecular weight excluding hydrogens is 360 g/mol. The van der Waals surface area contributed by atoms with Crippen LogP contribution in [0.25, 0.3) is 0 Å². The third-order valence-electron chi connectivity index (χ3n) is 3.42. The smallest absolute Gasteiger partial charge is 0.263 e. The molecule has 2 heterocycles. The van der Waals surface area contributed by atoms with E-state index in [1.54, 1.807) is 0 Å². The molecule has 0 atom stereocenters. The van der Waals surface area contributed by atoms with Crippen LogP contribution in [0, 0.1) is 4.77 Å². The molecule has 0 radical (unpaired) electrons. The van der Waals surface area contributed by atoms with Crippen LogP contribution in [0.5, 0.6) is 5.88 Å². The Bertz CT molecular complexity index is 977. The fourth-order valence-corrected chi connectivity index (χ4v) is 2.78. The molecule has 2 fully saturated rings. The number of aromatic amines is 2. The summed E-state index contributed by atoms with van der Waals surface area (Å²) in [6.45, 7) is 0. The Balaban J connectivity index is 2.09. The number of hydrogen-bond acceptors (Lipinski definition) is 8. The van der Waals surface area contributed by atoms with E-state index in [0.717, 1.165) is 0 Å². The van der Waals surface area contributed by atoms with Gasteiger partial charge in [-0.05, 0) is 24.4 Å². The molecule has 12 heteroatoms. The van der Waals surface area contributed by atoms with Gasteiger partial charge < -0.3 is 10.1 Å². The van der Waals surface area contributed by atoms with E-state index in [2.05, 4.69) is 45.0 Å². The van der Waals surface area contributed by atoms with Gasteiger partial charge in [0, 0.05) is 0 Å². The number of hydrogen-bond donors (Lipinski definition) is 5. The van der Waals surface area contributed by atoms with Gasteiger partial charge in [-0.1, -0.05) is 0 Å². The zero-order valence-electron chi connectivity index (χ0n) is 11.4. The molecule has 1 aliphatic heterocycles. The summed E-state index contributed by atoms with van der Waals surface area (Å²) in [4.78, 5) is 64.3. The number of Topliss-reactive ketones (excluding diaryl/α,β-unsaturated/α-hetero) is 2. The van der Waals surface area contributed by atoms with Crippen LogP contribution in [-0.2, 0) is 19.2 Å². The minimum Gasteiger partial charge on any atom is -0.494 e. The predicted molar refractivity (Wildman–Crippen MR) is 82.6 cm³/mol. The van der Waals surface area contributed by atoms with Crippen molar-refractivity contribution >= 4 is 52.9 Å². The molecule has 1 aromatic rings. The van der Waals surface area contributed by atoms with E-state index in [4.69, 9.17) is 0 Å². The summed E-state index contributed by atoms with van der Waals surface area (Å²) in [6.07, 6.45) is 0. The SMILES string of the molecule is O=C1NC(=S)NC(=O)C1=C1C(=O)C(c2c(O)[nH]c(=S)[nH]c2=O)C1=O. The maximum Gasteiger partial charge on any atom is 0.263 e. The third-order valence-corrected chi connectivity index (χ3v) is 3.83. The minimum atomic E-state index is -1.63. The van der Waals surface area contributed by atoms with Crippen molar-refractivity contribution < 1.29 is 24.3 Å². The van der Waals surface area contributed by atoms with E-state index in [1.807, 2.05) is 0 Å². The van der Waals surface area contributed by atoms with Crippen LogP contribution in [0.4, 0.5) is 0 Å². The molecule has 0 spiro atoms. The fraction of sp³-hybridized carbons (Fsp3) is 0.0833. The minimum absolute atomic E-state index is 0.196. The number of ketones is 2. The Labute approximate surface area is 142 Å². The summed E-state index contributed by atoms with van der Waals surface area (Å²) in [6, 6.07) is 0. The summed E-state index contributed by atoms with van der Waals surface area (Å²) < 4.78 is -0.196. The van der Waals surface area contributed by atoms with E-state index in [0.29, 0.717) is 0 Å². The van der Waals surface area contributed by atoms with Gasteiger partial charge >= 0.3 is 0 Å². The second kappa shape index (κ2) is 5.28. The molecule has 2 aliphatic rings. The molecule has 0 bridgehead atoms. The summed E-state index contributed by atoms with van der Waals surface area (Å²) >= 11 is 9.26. The van der Waals surface area contributed by atoms with Gasteiger partial charge in [0.1, 0.15) is 11.5 Å². The standard InChI is InChI=1S/C12H6N4O6S2/c17-5-1(3-7(19)13-11(23)14-8(3)20)6(18)2(5)4-9(21)15-12(24)16-10(4)22/h1H,(H3,13,14,19,20,23)(H2,15,16,21,22,24). The van der Waals surface area contributed by atoms with E-state index in [-0.39, 0.29) is 9.88 Å². The zero-order chi connectivity index (χ0) is 17.8. The van der Waals surface area contributed by atoms with Gasteiger partial charge in [-0.15, -0.1) is 0 Å². The van der Waals surface area contributed by atoms with Crippen molar-refractivity contribution in [3.63, 3.8) is 0 Å². The van der Waals surface area contributed by atoms with Gasteiger partial charge in [-0.3, -0.25) is 39.6 Å². The largest absolute Gasteiger partial charge is 0.494 e. The molecule has 5 N–H and O–H groups in total. The van der Waals surface area contributed by atoms with E-state index < -0.39 is 57.4 Å². The van der Waals surface area contributed by atoms with Crippen LogP contribution >= 0.6 is 24.4 Å². The number of thiocarbonyl (C=S) groups is 1. The number of rotatable bonds is 1. The molecule has 122 valence electrons. The molecule has 2 amide bonds. The van der Waals surface area contributed by atoms with Gasteiger partial charge in [0.2, 0.25) is 5.88 Å². The summed E-state index contributed by atoms with van der Waals surface area (Å²) in [5.41, 5.74) is -2.80. The van der Waals surface area contributed by atoms with Gasteiger partial charge in [-0.25, -0.2) is 0 Å². The molecular formula is C12H6N4O6S2. The number of carbonyl (C=O) groups excluding carboxylic acids is 4. The van der Waals surface area contributed by atoms with Crippen molar-refractivity contribution in [2.75, 3.05) is 0 Å². The Hall–Kier alpha value is -2.99. The first kappa shape index (κ1) is 15.9. The van der Waals surface area contributed by atoms with Gasteiger partial charge in [0.05, 0.1) is 11.1 Å². The van der Waals surface area contributed by atoms with Crippen LogP contribution in [0.1, 0.15) is 11.5 Å². The normalized spacial score (nSPS) is 20.7. The highest BCUT2D eigenvalue weighted by atomic mass is 32.1. The van der Waals surface area contributed by atoms with E-state index in [9.17, 15) is 29.1 Å². The molecule has 10 nitrogen and oxygen atoms in total. The molecule has 1 saturated heterocycles. The second-order valence-corrected chi connectivity index (χ2v) is 5.64. The number of aromatic nitrogens is 2. The highest BCUT2D eigenvalue weighted by Gasteiger charge is 2.52. The molecule has 3 rings (SSSR count). The Morgan fingerprint density at radius 3 is 1.88 bits per heavy atom. The summed E-state index contributed by atoms with van der Waals surface area (Å²) in [5.74, 6) is -6.25. The maximum atomic E-state index is 12.3. The molecule has 1 saturated carbocycles. The lowest BCUT2D eigenvalue weighted by atomic mass is 9.71. The number of aromatic hydroxyl groups is 1. The van der Waals surface area contributed by atoms with Crippen LogP contribution in [-0.4, -0.2) is 43.6 Å². The Morgan fingerprint density at radius 1 is 0.833 bits per heavy atom. The van der Waals surface area contributed by atoms with Crippen molar-refractivity contribution in [2.24, 2.45) is 0 Å². The molecule has 24 heavy (non-hydrogen) atoms. The van der Waals surface area contributed by atoms with Crippen molar-refractivity contribution in [3.8, 4) is 5.88 Å². The zero-order valence-corrected chi connectivity index (χ0v) is 13.0. The lowest BCUT2D eigenvalue weighted by Crippen LogP contribution is -2.54. The van der Waals surface area contributed by atoms with Crippen molar-refractivity contribution in [1.82, 2.24) is 20.6 Å². The van der Waals surface area contributed by atoms with Gasteiger partial charge in [-0.2, -0.15) is 0 Å². The topological polar surface area (TPSA) is 161 Å². The van der Waals surface area contributed by atoms with E-state index in [1.165, 1.54) is 0 Å². The van der Waals surface area contributed by atoms with Crippen LogP contribution in [0.3, 0.4) is 0 Å². The number of nitrogens with one attached hydrogen (secondary N) is 4. The maximum absolute atomic E-state index is 12.3. The fourth-order valence-electron chi connectivity index (χ4n) is 2.40. The average molecular weight is 366 g/mol. The quantitative estimate of drug-likeness (QED) is 0.168. The van der Waals surface area contributed by atoms with Gasteiger partial charge in [0.25, 0.3) is 17.4 Å². The third kappa shape index (κ3) is 2.19. The van der Waals surface area contributed by atoms with Crippen LogP contribution in [0.15, 0.2) is 15.9 Å². The number of carbonyl (C=O) groups is 4. The van der Waals surface area contributed by atoms with E-state index >= 15 is 0 Å². The van der Waals surface area contributed by atoms with Crippen LogP contribution in [0.2, 0.25) is 0 Å². The molecule has 1 aromatic heterocycles. The highest BCUT2D eigenvalue weighted by Crippen LogP contribution is 2.37. The summed E-state index contributed by atoms with van der Waals surface area (Å²) in [5, 5.41) is 13.7. The molecule has 1 aliphatic carbocycles. The highest BCUT2D eigenvalue weighted by molar-refractivity contribution is 7.80.